The van der Waals surface area contributed by atoms with Crippen LogP contribution in [0.1, 0.15) is 42.6 Å². The van der Waals surface area contributed by atoms with E-state index in [4.69, 9.17) is 5.11 Å². The van der Waals surface area contributed by atoms with Gasteiger partial charge >= 0.3 is 5.97 Å². The Morgan fingerprint density at radius 3 is 2.65 bits per heavy atom. The van der Waals surface area contributed by atoms with Crippen molar-refractivity contribution in [1.29, 1.82) is 0 Å². The summed E-state index contributed by atoms with van der Waals surface area (Å²) in [4.78, 5) is 11.2. The highest BCUT2D eigenvalue weighted by molar-refractivity contribution is 7.89. The summed E-state index contributed by atoms with van der Waals surface area (Å²) >= 11 is 0. The number of rotatable bonds is 4. The van der Waals surface area contributed by atoms with Crippen LogP contribution in [0, 0.1) is 0 Å². The Balaban J connectivity index is 2.54. The van der Waals surface area contributed by atoms with Crippen molar-refractivity contribution in [2.75, 3.05) is 6.54 Å². The molecule has 0 saturated carbocycles. The maximum atomic E-state index is 12.7. The maximum absolute atomic E-state index is 12.7. The van der Waals surface area contributed by atoms with E-state index in [9.17, 15) is 13.2 Å². The van der Waals surface area contributed by atoms with Gasteiger partial charge in [-0.15, -0.1) is 0 Å². The van der Waals surface area contributed by atoms with Gasteiger partial charge in [-0.05, 0) is 43.9 Å². The highest BCUT2D eigenvalue weighted by atomic mass is 32.2. The molecule has 1 aliphatic heterocycles. The van der Waals surface area contributed by atoms with Crippen LogP contribution in [0.15, 0.2) is 23.1 Å². The topological polar surface area (TPSA) is 74.7 Å². The van der Waals surface area contributed by atoms with Gasteiger partial charge in [0.05, 0.1) is 10.5 Å². The fraction of sp³-hybridized carbons (Fsp3) is 0.500. The minimum atomic E-state index is -3.62. The monoisotopic (exact) mass is 297 g/mol. The first-order valence-electron chi connectivity index (χ1n) is 6.76. The van der Waals surface area contributed by atoms with Gasteiger partial charge in [-0.2, -0.15) is 4.31 Å². The van der Waals surface area contributed by atoms with E-state index >= 15 is 0 Å². The minimum Gasteiger partial charge on any atom is -0.478 e. The number of aromatic carboxylic acids is 1. The van der Waals surface area contributed by atoms with Crippen molar-refractivity contribution in [2.24, 2.45) is 0 Å². The smallest absolute Gasteiger partial charge is 0.335 e. The van der Waals surface area contributed by atoms with E-state index in [0.717, 1.165) is 12.8 Å². The second-order valence-corrected chi connectivity index (χ2v) is 6.95. The molecule has 6 heteroatoms. The molecule has 1 aliphatic rings. The van der Waals surface area contributed by atoms with Gasteiger partial charge in [-0.1, -0.05) is 13.0 Å². The molecule has 1 aromatic rings. The van der Waals surface area contributed by atoms with Crippen LogP contribution in [-0.4, -0.2) is 36.4 Å². The third-order valence-corrected chi connectivity index (χ3v) is 5.87. The number of nitrogens with zero attached hydrogens (tertiary/aromatic N) is 1. The average Bonchev–Trinajstić information content (AvgIpc) is 2.84. The van der Waals surface area contributed by atoms with Gasteiger partial charge in [-0.3, -0.25) is 0 Å². The molecule has 0 spiro atoms. The van der Waals surface area contributed by atoms with E-state index in [-0.39, 0.29) is 16.5 Å². The van der Waals surface area contributed by atoms with Gasteiger partial charge in [-0.25, -0.2) is 13.2 Å². The Labute approximate surface area is 119 Å². The number of carboxylic acids is 1. The molecule has 0 radical (unpaired) electrons. The number of hydrogen-bond acceptors (Lipinski definition) is 3. The van der Waals surface area contributed by atoms with E-state index < -0.39 is 16.0 Å². The van der Waals surface area contributed by atoms with Gasteiger partial charge in [0.2, 0.25) is 10.0 Å². The Kier molecular flexibility index (Phi) is 4.15. The summed E-state index contributed by atoms with van der Waals surface area (Å²) in [6.45, 7) is 4.25. The predicted octanol–water partition coefficient (Wildman–Crippen LogP) is 2.12. The van der Waals surface area contributed by atoms with Crippen LogP contribution in [0.3, 0.4) is 0 Å². The first-order chi connectivity index (χ1) is 9.37. The lowest BCUT2D eigenvalue weighted by molar-refractivity contribution is 0.0696. The standard InChI is InChI=1S/C14H19NO4S/c1-3-11-6-7-12(14(16)17)9-13(11)20(18,19)15-8-4-5-10(15)2/h6-7,9-10H,3-5,8H2,1-2H3,(H,16,17). The van der Waals surface area contributed by atoms with E-state index in [1.54, 1.807) is 6.07 Å². The third-order valence-electron chi connectivity index (χ3n) is 3.77. The molecular formula is C14H19NO4S. The van der Waals surface area contributed by atoms with Gasteiger partial charge in [0.15, 0.2) is 0 Å². The number of carboxylic acid groups (broad SMARTS) is 1. The molecule has 0 bridgehead atoms. The summed E-state index contributed by atoms with van der Waals surface area (Å²) in [6, 6.07) is 4.30. The molecule has 0 aliphatic carbocycles. The van der Waals surface area contributed by atoms with E-state index in [2.05, 4.69) is 0 Å². The number of aryl methyl sites for hydroxylation is 1. The molecular weight excluding hydrogens is 278 g/mol. The molecule has 5 nitrogen and oxygen atoms in total. The van der Waals surface area contributed by atoms with Crippen molar-refractivity contribution in [2.45, 2.75) is 44.0 Å². The Morgan fingerprint density at radius 2 is 2.15 bits per heavy atom. The lowest BCUT2D eigenvalue weighted by atomic mass is 10.1. The van der Waals surface area contributed by atoms with Crippen LogP contribution >= 0.6 is 0 Å². The summed E-state index contributed by atoms with van der Waals surface area (Å²) < 4.78 is 26.9. The molecule has 110 valence electrons. The molecule has 1 aromatic carbocycles. The Bertz CT molecular complexity index is 624. The van der Waals surface area contributed by atoms with Crippen molar-refractivity contribution in [3.05, 3.63) is 29.3 Å². The Morgan fingerprint density at radius 1 is 1.45 bits per heavy atom. The van der Waals surface area contributed by atoms with E-state index in [1.807, 2.05) is 13.8 Å². The molecule has 1 N–H and O–H groups in total. The van der Waals surface area contributed by atoms with Crippen LogP contribution < -0.4 is 0 Å². The van der Waals surface area contributed by atoms with Crippen LogP contribution in [-0.2, 0) is 16.4 Å². The van der Waals surface area contributed by atoms with Gasteiger partial charge < -0.3 is 5.11 Å². The van der Waals surface area contributed by atoms with Crippen molar-refractivity contribution in [3.63, 3.8) is 0 Å². The summed E-state index contributed by atoms with van der Waals surface area (Å²) in [6.07, 6.45) is 2.25. The zero-order valence-electron chi connectivity index (χ0n) is 11.7. The van der Waals surface area contributed by atoms with Crippen molar-refractivity contribution in [1.82, 2.24) is 4.31 Å². The largest absolute Gasteiger partial charge is 0.478 e. The van der Waals surface area contributed by atoms with E-state index in [1.165, 1.54) is 16.4 Å². The van der Waals surface area contributed by atoms with Crippen LogP contribution in [0.5, 0.6) is 0 Å². The SMILES string of the molecule is CCc1ccc(C(=O)O)cc1S(=O)(=O)N1CCCC1C. The van der Waals surface area contributed by atoms with Crippen molar-refractivity contribution in [3.8, 4) is 0 Å². The second-order valence-electron chi connectivity index (χ2n) is 5.09. The van der Waals surface area contributed by atoms with Crippen LogP contribution in [0.2, 0.25) is 0 Å². The average molecular weight is 297 g/mol. The lowest BCUT2D eigenvalue weighted by Gasteiger charge is -2.22. The Hall–Kier alpha value is -1.40. The first kappa shape index (κ1) is 15.0. The molecule has 20 heavy (non-hydrogen) atoms. The molecule has 1 unspecified atom stereocenters. The summed E-state index contributed by atoms with van der Waals surface area (Å²) in [5.74, 6) is -1.11. The van der Waals surface area contributed by atoms with Crippen LogP contribution in [0.4, 0.5) is 0 Å². The molecule has 1 saturated heterocycles. The zero-order chi connectivity index (χ0) is 14.9. The lowest BCUT2D eigenvalue weighted by Crippen LogP contribution is -2.34. The van der Waals surface area contributed by atoms with Gasteiger partial charge in [0.1, 0.15) is 0 Å². The number of benzene rings is 1. The third kappa shape index (κ3) is 2.58. The van der Waals surface area contributed by atoms with Crippen LogP contribution in [0.25, 0.3) is 0 Å². The maximum Gasteiger partial charge on any atom is 0.335 e. The highest BCUT2D eigenvalue weighted by Gasteiger charge is 2.34. The fourth-order valence-electron chi connectivity index (χ4n) is 2.61. The molecule has 1 fully saturated rings. The molecule has 1 atom stereocenters. The summed E-state index contributed by atoms with van der Waals surface area (Å²) in [5.41, 5.74) is 0.668. The first-order valence-corrected chi connectivity index (χ1v) is 8.20. The fourth-order valence-corrected chi connectivity index (χ4v) is 4.63. The second kappa shape index (κ2) is 5.54. The summed E-state index contributed by atoms with van der Waals surface area (Å²) in [7, 11) is -3.62. The quantitative estimate of drug-likeness (QED) is 0.923. The molecule has 1 heterocycles. The molecule has 0 amide bonds. The summed E-state index contributed by atoms with van der Waals surface area (Å²) in [5, 5.41) is 9.05. The normalized spacial score (nSPS) is 20.2. The van der Waals surface area contributed by atoms with Crippen molar-refractivity contribution < 1.29 is 18.3 Å². The zero-order valence-corrected chi connectivity index (χ0v) is 12.5. The number of hydrogen-bond donors (Lipinski definition) is 1. The highest BCUT2D eigenvalue weighted by Crippen LogP contribution is 2.28. The van der Waals surface area contributed by atoms with Gasteiger partial charge in [0.25, 0.3) is 0 Å². The molecule has 0 aromatic heterocycles. The van der Waals surface area contributed by atoms with Crippen molar-refractivity contribution >= 4 is 16.0 Å². The number of sulfonamides is 1. The van der Waals surface area contributed by atoms with Gasteiger partial charge in [0, 0.05) is 12.6 Å². The van der Waals surface area contributed by atoms with E-state index in [0.29, 0.717) is 18.5 Å². The minimum absolute atomic E-state index is 0.00706. The number of carbonyl (C=O) groups is 1. The molecule has 2 rings (SSSR count). The predicted molar refractivity (Wildman–Crippen MR) is 75.4 cm³/mol.